The minimum Gasteiger partial charge on any atom is -1.00 e. The lowest BCUT2D eigenvalue weighted by Crippen LogP contribution is -3.00. The van der Waals surface area contributed by atoms with Gasteiger partial charge in [-0.25, -0.2) is 0 Å². The molecule has 0 heterocycles. The van der Waals surface area contributed by atoms with E-state index < -0.39 is 13.2 Å². The zero-order valence-electron chi connectivity index (χ0n) is 16.0. The van der Waals surface area contributed by atoms with E-state index in [0.717, 1.165) is 6.16 Å². The molecule has 1 N–H and O–H groups in total. The Hall–Kier alpha value is -1.96. The van der Waals surface area contributed by atoms with E-state index in [1.54, 1.807) is 0 Å². The largest absolute Gasteiger partial charge is 1.00 e. The molecular weight excluding hydrogens is 431 g/mol. The van der Waals surface area contributed by atoms with Gasteiger partial charge >= 0.3 is 5.97 Å². The zero-order valence-corrected chi connectivity index (χ0v) is 18.5. The van der Waals surface area contributed by atoms with Crippen LogP contribution in [0, 0.1) is 5.92 Å². The van der Waals surface area contributed by atoms with Crippen LogP contribution in [0.3, 0.4) is 0 Å². The highest BCUT2D eigenvalue weighted by atomic mass is 79.9. The molecular formula is C24H26BrO2P. The number of hydrogen-bond acceptors (Lipinski definition) is 1. The van der Waals surface area contributed by atoms with Crippen molar-refractivity contribution in [3.8, 4) is 0 Å². The highest BCUT2D eigenvalue weighted by Gasteiger charge is 2.46. The standard InChI is InChI=1S/C24H25O2P.BrH/c1-20(17-18-24(25)26)19-27(21-11-5-2-6-12-21,22-13-7-3-8-14-22)23-15-9-4-10-16-23;/h2-16,20H,17-19H2,1H3;1H. The lowest BCUT2D eigenvalue weighted by molar-refractivity contribution is -0.137. The van der Waals surface area contributed by atoms with Crippen LogP contribution in [0.5, 0.6) is 0 Å². The molecule has 0 spiro atoms. The Labute approximate surface area is 178 Å². The molecule has 0 aliphatic rings. The first-order valence-corrected chi connectivity index (χ1v) is 11.4. The highest BCUT2D eigenvalue weighted by Crippen LogP contribution is 2.56. The van der Waals surface area contributed by atoms with Crippen molar-refractivity contribution < 1.29 is 26.9 Å². The normalized spacial score (nSPS) is 12.0. The van der Waals surface area contributed by atoms with Crippen molar-refractivity contribution in [1.29, 1.82) is 0 Å². The van der Waals surface area contributed by atoms with Gasteiger partial charge in [0.1, 0.15) is 23.2 Å². The maximum atomic E-state index is 11.1. The summed E-state index contributed by atoms with van der Waals surface area (Å²) in [7, 11) is -1.86. The Morgan fingerprint density at radius 3 is 1.46 bits per heavy atom. The lowest BCUT2D eigenvalue weighted by atomic mass is 10.1. The molecule has 146 valence electrons. The van der Waals surface area contributed by atoms with Crippen molar-refractivity contribution >= 4 is 29.1 Å². The highest BCUT2D eigenvalue weighted by molar-refractivity contribution is 7.95. The molecule has 0 saturated carbocycles. The van der Waals surface area contributed by atoms with Crippen molar-refractivity contribution in [3.05, 3.63) is 91.0 Å². The number of carboxylic acids is 1. The van der Waals surface area contributed by atoms with Gasteiger partial charge in [-0.1, -0.05) is 61.5 Å². The average Bonchev–Trinajstić information content (AvgIpc) is 2.72. The van der Waals surface area contributed by atoms with Crippen molar-refractivity contribution in [2.75, 3.05) is 6.16 Å². The molecule has 0 saturated heterocycles. The number of hydrogen-bond donors (Lipinski definition) is 1. The summed E-state index contributed by atoms with van der Waals surface area (Å²) in [6.07, 6.45) is 1.89. The van der Waals surface area contributed by atoms with Crippen LogP contribution in [-0.4, -0.2) is 17.2 Å². The first kappa shape index (κ1) is 22.3. The van der Waals surface area contributed by atoms with Gasteiger partial charge in [-0.2, -0.15) is 0 Å². The van der Waals surface area contributed by atoms with E-state index >= 15 is 0 Å². The van der Waals surface area contributed by atoms with Gasteiger partial charge in [0.15, 0.2) is 0 Å². The summed E-state index contributed by atoms with van der Waals surface area (Å²) < 4.78 is 0. The zero-order chi connectivity index (χ0) is 19.1. The van der Waals surface area contributed by atoms with E-state index in [9.17, 15) is 4.79 Å². The summed E-state index contributed by atoms with van der Waals surface area (Å²) >= 11 is 0. The van der Waals surface area contributed by atoms with Gasteiger partial charge in [0.05, 0.1) is 6.16 Å². The van der Waals surface area contributed by atoms with Crippen LogP contribution in [0.1, 0.15) is 19.8 Å². The number of aliphatic carboxylic acids is 1. The number of benzene rings is 3. The molecule has 1 atom stereocenters. The number of halogens is 1. The molecule has 3 aromatic carbocycles. The van der Waals surface area contributed by atoms with E-state index in [1.165, 1.54) is 15.9 Å². The van der Waals surface area contributed by atoms with E-state index in [1.807, 2.05) is 0 Å². The number of rotatable bonds is 8. The molecule has 0 fully saturated rings. The second-order valence-corrected chi connectivity index (χ2v) is 10.6. The predicted molar refractivity (Wildman–Crippen MR) is 116 cm³/mol. The van der Waals surface area contributed by atoms with E-state index in [0.29, 0.717) is 12.3 Å². The molecule has 3 rings (SSSR count). The first-order chi connectivity index (χ1) is 13.1. The van der Waals surface area contributed by atoms with Crippen LogP contribution in [0.15, 0.2) is 91.0 Å². The second kappa shape index (κ2) is 10.5. The maximum absolute atomic E-state index is 11.1. The van der Waals surface area contributed by atoms with Crippen molar-refractivity contribution in [3.63, 3.8) is 0 Å². The molecule has 0 amide bonds. The average molecular weight is 457 g/mol. The van der Waals surface area contributed by atoms with Gasteiger partial charge in [0.25, 0.3) is 0 Å². The monoisotopic (exact) mass is 456 g/mol. The van der Waals surface area contributed by atoms with Crippen LogP contribution in [0.25, 0.3) is 0 Å². The molecule has 1 unspecified atom stereocenters. The lowest BCUT2D eigenvalue weighted by Gasteiger charge is -2.30. The summed E-state index contributed by atoms with van der Waals surface area (Å²) in [4.78, 5) is 11.1. The van der Waals surface area contributed by atoms with Crippen molar-refractivity contribution in [1.82, 2.24) is 0 Å². The first-order valence-electron chi connectivity index (χ1n) is 9.39. The topological polar surface area (TPSA) is 37.3 Å². The minimum absolute atomic E-state index is 0. The van der Waals surface area contributed by atoms with Crippen LogP contribution in [0.2, 0.25) is 0 Å². The van der Waals surface area contributed by atoms with Gasteiger partial charge in [0.2, 0.25) is 0 Å². The Balaban J connectivity index is 0.00000280. The quantitative estimate of drug-likeness (QED) is 0.521. The summed E-state index contributed by atoms with van der Waals surface area (Å²) in [6, 6.07) is 32.2. The van der Waals surface area contributed by atoms with Gasteiger partial charge in [0, 0.05) is 6.42 Å². The van der Waals surface area contributed by atoms with Gasteiger partial charge in [-0.15, -0.1) is 0 Å². The van der Waals surface area contributed by atoms with E-state index in [-0.39, 0.29) is 23.4 Å². The summed E-state index contributed by atoms with van der Waals surface area (Å²) in [6.45, 7) is 2.19. The fourth-order valence-electron chi connectivity index (χ4n) is 3.74. The van der Waals surface area contributed by atoms with E-state index in [2.05, 4.69) is 97.9 Å². The molecule has 2 nitrogen and oxygen atoms in total. The molecule has 0 aliphatic heterocycles. The third-order valence-electron chi connectivity index (χ3n) is 5.03. The molecule has 0 aliphatic carbocycles. The maximum Gasteiger partial charge on any atom is 0.303 e. The summed E-state index contributed by atoms with van der Waals surface area (Å²) in [5, 5.41) is 13.2. The Morgan fingerprint density at radius 1 is 0.786 bits per heavy atom. The molecule has 0 aromatic heterocycles. The van der Waals surface area contributed by atoms with Gasteiger partial charge in [-0.05, 0) is 48.7 Å². The molecule has 0 radical (unpaired) electrons. The Bertz CT molecular complexity index is 757. The third kappa shape index (κ3) is 5.10. The summed E-state index contributed by atoms with van der Waals surface area (Å²) in [5.41, 5.74) is 0. The minimum atomic E-state index is -1.86. The predicted octanol–water partition coefficient (Wildman–Crippen LogP) is 1.49. The van der Waals surface area contributed by atoms with Crippen molar-refractivity contribution in [2.45, 2.75) is 19.8 Å². The van der Waals surface area contributed by atoms with E-state index in [4.69, 9.17) is 5.11 Å². The third-order valence-corrected chi connectivity index (χ3v) is 9.74. The number of carbonyl (C=O) groups is 1. The van der Waals surface area contributed by atoms with Crippen LogP contribution >= 0.6 is 7.26 Å². The Kier molecular flexibility index (Phi) is 8.41. The van der Waals surface area contributed by atoms with Crippen LogP contribution < -0.4 is 32.9 Å². The Morgan fingerprint density at radius 2 is 1.14 bits per heavy atom. The molecule has 4 heteroatoms. The van der Waals surface area contributed by atoms with Crippen LogP contribution in [-0.2, 0) is 4.79 Å². The van der Waals surface area contributed by atoms with Crippen molar-refractivity contribution in [2.24, 2.45) is 5.92 Å². The fraction of sp³-hybridized carbons (Fsp3) is 0.208. The van der Waals surface area contributed by atoms with Gasteiger partial charge < -0.3 is 22.1 Å². The van der Waals surface area contributed by atoms with Gasteiger partial charge in [-0.3, -0.25) is 4.79 Å². The summed E-state index contributed by atoms with van der Waals surface area (Å²) in [5.74, 6) is -0.403. The SMILES string of the molecule is CC(CCC(=O)O)C[P+](c1ccccc1)(c1ccccc1)c1ccccc1.[Br-]. The smallest absolute Gasteiger partial charge is 0.303 e. The molecule has 0 bridgehead atoms. The molecule has 3 aromatic rings. The second-order valence-electron chi connectivity index (χ2n) is 7.04. The van der Waals surface area contributed by atoms with Crippen LogP contribution in [0.4, 0.5) is 0 Å². The fourth-order valence-corrected chi connectivity index (χ4v) is 8.43. The molecule has 28 heavy (non-hydrogen) atoms. The number of carboxylic acid groups (broad SMARTS) is 1.